The van der Waals surface area contributed by atoms with Gasteiger partial charge in [-0.3, -0.25) is 9.59 Å². The maximum absolute atomic E-state index is 12.3. The van der Waals surface area contributed by atoms with Gasteiger partial charge in [-0.05, 0) is 24.1 Å². The van der Waals surface area contributed by atoms with Crippen LogP contribution in [-0.4, -0.2) is 35.5 Å². The van der Waals surface area contributed by atoms with Crippen LogP contribution in [0.2, 0.25) is 0 Å². The van der Waals surface area contributed by atoms with Crippen LogP contribution in [-0.2, 0) is 11.2 Å². The van der Waals surface area contributed by atoms with Crippen molar-refractivity contribution in [1.29, 1.82) is 0 Å². The summed E-state index contributed by atoms with van der Waals surface area (Å²) in [6.07, 6.45) is 2.24. The van der Waals surface area contributed by atoms with Gasteiger partial charge in [0.1, 0.15) is 11.8 Å². The molecule has 20 heavy (non-hydrogen) atoms. The molecule has 1 N–H and O–H groups in total. The van der Waals surface area contributed by atoms with Crippen LogP contribution in [0.5, 0.6) is 0 Å². The summed E-state index contributed by atoms with van der Waals surface area (Å²) in [5.41, 5.74) is 2.27. The molecule has 0 aliphatic rings. The molecule has 0 radical (unpaired) electrons. The summed E-state index contributed by atoms with van der Waals surface area (Å²) in [5.74, 6) is -1.15. The molecule has 0 saturated heterocycles. The highest BCUT2D eigenvalue weighted by atomic mass is 16.4. The Kier molecular flexibility index (Phi) is 4.08. The third-order valence-corrected chi connectivity index (χ3v) is 3.28. The summed E-state index contributed by atoms with van der Waals surface area (Å²) >= 11 is 0. The summed E-state index contributed by atoms with van der Waals surface area (Å²) in [6.45, 7) is 2.22. The number of carbonyl (C=O) groups excluding carboxylic acids is 1. The third-order valence-electron chi connectivity index (χ3n) is 3.28. The molecule has 5 nitrogen and oxygen atoms in total. The lowest BCUT2D eigenvalue weighted by molar-refractivity contribution is -0.137. The lowest BCUT2D eigenvalue weighted by Gasteiger charge is -2.15. The zero-order chi connectivity index (χ0) is 14.7. The number of fused-ring (bicyclic) bond motifs is 1. The van der Waals surface area contributed by atoms with Crippen molar-refractivity contribution in [3.63, 3.8) is 0 Å². The van der Waals surface area contributed by atoms with Crippen LogP contribution in [0.4, 0.5) is 0 Å². The molecule has 5 heteroatoms. The monoisotopic (exact) mass is 275 g/mol. The second-order valence-corrected chi connectivity index (χ2v) is 4.70. The first-order chi connectivity index (χ1) is 9.52. The van der Waals surface area contributed by atoms with E-state index < -0.39 is 5.97 Å². The molecule has 1 aromatic heterocycles. The van der Waals surface area contributed by atoms with Crippen molar-refractivity contribution in [1.82, 2.24) is 4.90 Å². The molecule has 1 amide bonds. The predicted molar refractivity (Wildman–Crippen MR) is 74.8 cm³/mol. The Hall–Kier alpha value is -2.30. The van der Waals surface area contributed by atoms with Crippen molar-refractivity contribution in [3.05, 3.63) is 35.6 Å². The minimum atomic E-state index is -0.921. The standard InChI is InChI=1S/C15H17NO4/c1-3-10-4-5-13-11(8-10)12(9-20-13)15(19)16(2)7-6-14(17)18/h4-5,8-9H,3,6-7H2,1-2H3,(H,17,18). The fourth-order valence-corrected chi connectivity index (χ4v) is 2.03. The van der Waals surface area contributed by atoms with E-state index in [-0.39, 0.29) is 18.9 Å². The van der Waals surface area contributed by atoms with Crippen LogP contribution >= 0.6 is 0 Å². The van der Waals surface area contributed by atoms with E-state index in [0.29, 0.717) is 11.1 Å². The smallest absolute Gasteiger partial charge is 0.305 e. The molecule has 0 aliphatic carbocycles. The number of benzene rings is 1. The number of aryl methyl sites for hydroxylation is 1. The number of amides is 1. The van der Waals surface area contributed by atoms with E-state index in [1.807, 2.05) is 25.1 Å². The van der Waals surface area contributed by atoms with Gasteiger partial charge in [0, 0.05) is 19.0 Å². The first-order valence-electron chi connectivity index (χ1n) is 6.50. The van der Waals surface area contributed by atoms with Crippen LogP contribution in [0.15, 0.2) is 28.9 Å². The average molecular weight is 275 g/mol. The maximum atomic E-state index is 12.3. The summed E-state index contributed by atoms with van der Waals surface area (Å²) < 4.78 is 5.38. The molecule has 1 heterocycles. The molecule has 0 spiro atoms. The summed E-state index contributed by atoms with van der Waals surface area (Å²) in [7, 11) is 1.59. The topological polar surface area (TPSA) is 70.8 Å². The molecule has 106 valence electrons. The Bertz CT molecular complexity index is 644. The van der Waals surface area contributed by atoms with E-state index in [4.69, 9.17) is 9.52 Å². The van der Waals surface area contributed by atoms with Crippen molar-refractivity contribution in [2.24, 2.45) is 0 Å². The van der Waals surface area contributed by atoms with Crippen LogP contribution in [0.3, 0.4) is 0 Å². The minimum absolute atomic E-state index is 0.0712. The number of carboxylic acid groups (broad SMARTS) is 1. The van der Waals surface area contributed by atoms with Gasteiger partial charge in [-0.2, -0.15) is 0 Å². The molecule has 0 saturated carbocycles. The highest BCUT2D eigenvalue weighted by Gasteiger charge is 2.18. The first-order valence-corrected chi connectivity index (χ1v) is 6.50. The van der Waals surface area contributed by atoms with Gasteiger partial charge >= 0.3 is 5.97 Å². The Labute approximate surface area is 116 Å². The summed E-state index contributed by atoms with van der Waals surface area (Å²) in [4.78, 5) is 24.3. The second kappa shape index (κ2) is 5.77. The predicted octanol–water partition coefficient (Wildman–Crippen LogP) is 2.54. The lowest BCUT2D eigenvalue weighted by atomic mass is 10.1. The zero-order valence-electron chi connectivity index (χ0n) is 11.5. The number of hydrogen-bond acceptors (Lipinski definition) is 3. The molecule has 0 atom stereocenters. The number of furan rings is 1. The zero-order valence-corrected chi connectivity index (χ0v) is 11.5. The fourth-order valence-electron chi connectivity index (χ4n) is 2.03. The van der Waals surface area contributed by atoms with Crippen LogP contribution in [0, 0.1) is 0 Å². The lowest BCUT2D eigenvalue weighted by Crippen LogP contribution is -2.28. The van der Waals surface area contributed by atoms with E-state index in [1.54, 1.807) is 7.05 Å². The van der Waals surface area contributed by atoms with Crippen molar-refractivity contribution in [3.8, 4) is 0 Å². The van der Waals surface area contributed by atoms with Gasteiger partial charge in [0.25, 0.3) is 5.91 Å². The van der Waals surface area contributed by atoms with Gasteiger partial charge < -0.3 is 14.4 Å². The largest absolute Gasteiger partial charge is 0.481 e. The molecular weight excluding hydrogens is 258 g/mol. The van der Waals surface area contributed by atoms with Crippen molar-refractivity contribution >= 4 is 22.8 Å². The molecule has 1 aromatic carbocycles. The van der Waals surface area contributed by atoms with E-state index in [1.165, 1.54) is 11.2 Å². The van der Waals surface area contributed by atoms with Gasteiger partial charge in [0.05, 0.1) is 12.0 Å². The van der Waals surface area contributed by atoms with Crippen LogP contribution in [0.1, 0.15) is 29.3 Å². The maximum Gasteiger partial charge on any atom is 0.305 e. The number of nitrogens with zero attached hydrogens (tertiary/aromatic N) is 1. The van der Waals surface area contributed by atoms with Gasteiger partial charge in [-0.25, -0.2) is 0 Å². The molecule has 0 aliphatic heterocycles. The number of rotatable bonds is 5. The van der Waals surface area contributed by atoms with Crippen LogP contribution < -0.4 is 0 Å². The molecule has 2 aromatic rings. The number of carboxylic acids is 1. The van der Waals surface area contributed by atoms with E-state index in [9.17, 15) is 9.59 Å². The van der Waals surface area contributed by atoms with Gasteiger partial charge in [-0.15, -0.1) is 0 Å². The molecule has 2 rings (SSSR count). The van der Waals surface area contributed by atoms with E-state index in [2.05, 4.69) is 0 Å². The quantitative estimate of drug-likeness (QED) is 0.910. The van der Waals surface area contributed by atoms with Gasteiger partial charge in [0.2, 0.25) is 0 Å². The highest BCUT2D eigenvalue weighted by molar-refractivity contribution is 6.06. The third kappa shape index (κ3) is 2.82. The van der Waals surface area contributed by atoms with Crippen molar-refractivity contribution in [2.75, 3.05) is 13.6 Å². The van der Waals surface area contributed by atoms with Crippen molar-refractivity contribution in [2.45, 2.75) is 19.8 Å². The average Bonchev–Trinajstić information content (AvgIpc) is 2.86. The normalized spacial score (nSPS) is 10.7. The van der Waals surface area contributed by atoms with E-state index in [0.717, 1.165) is 17.4 Å². The Balaban J connectivity index is 2.27. The molecule has 0 fully saturated rings. The number of aliphatic carboxylic acids is 1. The van der Waals surface area contributed by atoms with Crippen LogP contribution in [0.25, 0.3) is 11.0 Å². The van der Waals surface area contributed by atoms with Gasteiger partial charge in [-0.1, -0.05) is 13.0 Å². The second-order valence-electron chi connectivity index (χ2n) is 4.70. The summed E-state index contributed by atoms with van der Waals surface area (Å²) in [5, 5.41) is 9.43. The fraction of sp³-hybridized carbons (Fsp3) is 0.333. The highest BCUT2D eigenvalue weighted by Crippen LogP contribution is 2.24. The minimum Gasteiger partial charge on any atom is -0.481 e. The first kappa shape index (κ1) is 14.1. The number of carbonyl (C=O) groups is 2. The Morgan fingerprint density at radius 1 is 1.35 bits per heavy atom. The number of hydrogen-bond donors (Lipinski definition) is 1. The Morgan fingerprint density at radius 2 is 2.10 bits per heavy atom. The molecule has 0 bridgehead atoms. The van der Waals surface area contributed by atoms with Crippen molar-refractivity contribution < 1.29 is 19.1 Å². The molecular formula is C15H17NO4. The molecule has 0 unspecified atom stereocenters. The van der Waals surface area contributed by atoms with Gasteiger partial charge in [0.15, 0.2) is 0 Å². The SMILES string of the molecule is CCc1ccc2occ(C(=O)N(C)CCC(=O)O)c2c1. The van der Waals surface area contributed by atoms with E-state index >= 15 is 0 Å². The summed E-state index contributed by atoms with van der Waals surface area (Å²) in [6, 6.07) is 5.76. The Morgan fingerprint density at radius 3 is 2.75 bits per heavy atom.